The van der Waals surface area contributed by atoms with E-state index in [2.05, 4.69) is 4.98 Å². The van der Waals surface area contributed by atoms with Crippen LogP contribution in [-0.2, 0) is 0 Å². The van der Waals surface area contributed by atoms with Gasteiger partial charge in [0, 0.05) is 11.8 Å². The fourth-order valence-corrected chi connectivity index (χ4v) is 2.82. The van der Waals surface area contributed by atoms with Crippen LogP contribution in [0.2, 0.25) is 5.02 Å². The number of anilines is 1. The topological polar surface area (TPSA) is 98.2 Å². The Hall–Kier alpha value is -3.14. The molecule has 6 nitrogen and oxygen atoms in total. The van der Waals surface area contributed by atoms with Crippen LogP contribution in [0.15, 0.2) is 17.1 Å². The Morgan fingerprint density at radius 1 is 1.22 bits per heavy atom. The summed E-state index contributed by atoms with van der Waals surface area (Å²) in [6.45, 7) is 1.04. The quantitative estimate of drug-likeness (QED) is 0.507. The summed E-state index contributed by atoms with van der Waals surface area (Å²) < 4.78 is 56.6. The molecule has 0 aliphatic carbocycles. The van der Waals surface area contributed by atoms with Crippen LogP contribution in [0.3, 0.4) is 0 Å². The number of fused-ring (bicyclic) bond motifs is 1. The van der Waals surface area contributed by atoms with Crippen molar-refractivity contribution in [1.82, 2.24) is 9.55 Å². The number of carboxylic acid groups (broad SMARTS) is 1. The second-order valence-electron chi connectivity index (χ2n) is 5.50. The second kappa shape index (κ2) is 6.23. The van der Waals surface area contributed by atoms with E-state index in [0.29, 0.717) is 16.8 Å². The monoisotopic (exact) mass is 401 g/mol. The van der Waals surface area contributed by atoms with Crippen molar-refractivity contribution in [3.63, 3.8) is 0 Å². The highest BCUT2D eigenvalue weighted by atomic mass is 35.5. The Bertz CT molecular complexity index is 1210. The molecule has 0 saturated carbocycles. The van der Waals surface area contributed by atoms with Gasteiger partial charge >= 0.3 is 5.97 Å². The lowest BCUT2D eigenvalue weighted by atomic mass is 10.1. The van der Waals surface area contributed by atoms with Crippen molar-refractivity contribution in [2.45, 2.75) is 6.92 Å². The normalized spacial score (nSPS) is 11.2. The fourth-order valence-electron chi connectivity index (χ4n) is 2.54. The van der Waals surface area contributed by atoms with Gasteiger partial charge in [-0.05, 0) is 13.0 Å². The van der Waals surface area contributed by atoms with Crippen LogP contribution in [-0.4, -0.2) is 20.6 Å². The Morgan fingerprint density at radius 3 is 2.44 bits per heavy atom. The molecule has 0 aliphatic rings. The standard InChI is InChI=1S/C16H8ClF4N3O3/c1-4-9(19)14(22)23-15(10(4)20)24-3-6(16(26)27)13(25)5-2-7(18)11(21)8(17)12(5)24/h2-3H,1H3,(H2,22,23)(H,26,27). The van der Waals surface area contributed by atoms with Gasteiger partial charge in [0.05, 0.1) is 10.9 Å². The average molecular weight is 402 g/mol. The Labute approximate surface area is 152 Å². The molecule has 0 spiro atoms. The first kappa shape index (κ1) is 18.6. The van der Waals surface area contributed by atoms with Gasteiger partial charge in [-0.15, -0.1) is 0 Å². The van der Waals surface area contributed by atoms with Gasteiger partial charge < -0.3 is 10.8 Å². The molecule has 0 fully saturated rings. The first-order valence-corrected chi connectivity index (χ1v) is 7.51. The van der Waals surface area contributed by atoms with E-state index in [9.17, 15) is 32.3 Å². The van der Waals surface area contributed by atoms with Gasteiger partial charge in [0.25, 0.3) is 0 Å². The lowest BCUT2D eigenvalue weighted by Crippen LogP contribution is -2.20. The maximum absolute atomic E-state index is 14.6. The molecule has 0 bridgehead atoms. The zero-order valence-electron chi connectivity index (χ0n) is 13.3. The fraction of sp³-hybridized carbons (Fsp3) is 0.0625. The minimum atomic E-state index is -1.72. The molecule has 140 valence electrons. The van der Waals surface area contributed by atoms with Crippen molar-refractivity contribution >= 4 is 34.3 Å². The summed E-state index contributed by atoms with van der Waals surface area (Å²) in [7, 11) is 0. The van der Waals surface area contributed by atoms with Gasteiger partial charge in [0.1, 0.15) is 10.6 Å². The first-order chi connectivity index (χ1) is 12.6. The minimum Gasteiger partial charge on any atom is -0.477 e. The van der Waals surface area contributed by atoms with E-state index >= 15 is 0 Å². The van der Waals surface area contributed by atoms with Gasteiger partial charge in [-0.2, -0.15) is 0 Å². The number of nitrogens with zero attached hydrogens (tertiary/aromatic N) is 2. The van der Waals surface area contributed by atoms with Gasteiger partial charge in [-0.3, -0.25) is 9.36 Å². The third-order valence-corrected chi connectivity index (χ3v) is 4.23. The summed E-state index contributed by atoms with van der Waals surface area (Å²) >= 11 is 5.78. The average Bonchev–Trinajstić information content (AvgIpc) is 2.61. The van der Waals surface area contributed by atoms with Crippen molar-refractivity contribution in [3.05, 3.63) is 61.9 Å². The van der Waals surface area contributed by atoms with Crippen LogP contribution >= 0.6 is 11.6 Å². The number of nitrogens with two attached hydrogens (primary N) is 1. The molecule has 0 unspecified atom stereocenters. The summed E-state index contributed by atoms with van der Waals surface area (Å²) in [6, 6.07) is 0.430. The van der Waals surface area contributed by atoms with Gasteiger partial charge in [0.2, 0.25) is 5.43 Å². The van der Waals surface area contributed by atoms with Crippen molar-refractivity contribution in [1.29, 1.82) is 0 Å². The molecule has 3 N–H and O–H groups in total. The molecule has 0 atom stereocenters. The Morgan fingerprint density at radius 2 is 1.85 bits per heavy atom. The number of halogens is 5. The third kappa shape index (κ3) is 2.69. The second-order valence-corrected chi connectivity index (χ2v) is 5.88. The van der Waals surface area contributed by atoms with Gasteiger partial charge in [0.15, 0.2) is 34.9 Å². The summed E-state index contributed by atoms with van der Waals surface area (Å²) in [5, 5.41) is 7.64. The van der Waals surface area contributed by atoms with E-state index in [1.54, 1.807) is 0 Å². The highest BCUT2D eigenvalue weighted by molar-refractivity contribution is 6.35. The van der Waals surface area contributed by atoms with Crippen LogP contribution in [0, 0.1) is 30.2 Å². The van der Waals surface area contributed by atoms with Crippen LogP contribution < -0.4 is 11.2 Å². The highest BCUT2D eigenvalue weighted by Crippen LogP contribution is 2.31. The predicted octanol–water partition coefficient (Wildman–Crippen LogP) is 3.18. The number of carbonyl (C=O) groups is 1. The molecule has 0 radical (unpaired) electrons. The zero-order valence-corrected chi connectivity index (χ0v) is 14.0. The van der Waals surface area contributed by atoms with Gasteiger partial charge in [-0.1, -0.05) is 11.6 Å². The third-order valence-electron chi connectivity index (χ3n) is 3.89. The van der Waals surface area contributed by atoms with E-state index in [-0.39, 0.29) is 0 Å². The maximum atomic E-state index is 14.6. The highest BCUT2D eigenvalue weighted by Gasteiger charge is 2.25. The van der Waals surface area contributed by atoms with E-state index < -0.39 is 73.4 Å². The van der Waals surface area contributed by atoms with Crippen molar-refractivity contribution in [2.75, 3.05) is 5.73 Å². The first-order valence-electron chi connectivity index (χ1n) is 7.13. The number of pyridine rings is 2. The molecule has 3 rings (SSSR count). The number of hydrogen-bond acceptors (Lipinski definition) is 4. The number of benzene rings is 1. The van der Waals surface area contributed by atoms with E-state index in [1.165, 1.54) is 0 Å². The molecular weight excluding hydrogens is 394 g/mol. The molecule has 0 amide bonds. The van der Waals surface area contributed by atoms with Crippen LogP contribution in [0.5, 0.6) is 0 Å². The molecule has 3 aromatic rings. The van der Waals surface area contributed by atoms with Gasteiger partial charge in [-0.25, -0.2) is 27.3 Å². The number of rotatable bonds is 2. The van der Waals surface area contributed by atoms with Crippen molar-refractivity contribution in [3.8, 4) is 5.82 Å². The largest absolute Gasteiger partial charge is 0.477 e. The van der Waals surface area contributed by atoms with Crippen LogP contribution in [0.1, 0.15) is 15.9 Å². The Kier molecular flexibility index (Phi) is 4.31. The SMILES string of the molecule is Cc1c(F)c(N)nc(-n2cc(C(=O)O)c(=O)c3cc(F)c(F)c(Cl)c32)c1F. The lowest BCUT2D eigenvalue weighted by Gasteiger charge is -2.16. The number of hydrogen-bond donors (Lipinski definition) is 2. The summed E-state index contributed by atoms with van der Waals surface area (Å²) in [5.41, 5.74) is 2.20. The predicted molar refractivity (Wildman–Crippen MR) is 88.3 cm³/mol. The summed E-state index contributed by atoms with van der Waals surface area (Å²) in [5.74, 6) is -8.66. The number of aromatic nitrogens is 2. The van der Waals surface area contributed by atoms with Crippen molar-refractivity contribution < 1.29 is 27.5 Å². The molecule has 27 heavy (non-hydrogen) atoms. The molecular formula is C16H8ClF4N3O3. The van der Waals surface area contributed by atoms with E-state index in [1.807, 2.05) is 0 Å². The maximum Gasteiger partial charge on any atom is 0.341 e. The van der Waals surface area contributed by atoms with Crippen LogP contribution in [0.25, 0.3) is 16.7 Å². The van der Waals surface area contributed by atoms with E-state index in [0.717, 1.165) is 6.92 Å². The molecule has 0 saturated heterocycles. The van der Waals surface area contributed by atoms with E-state index in [4.69, 9.17) is 17.3 Å². The number of nitrogen functional groups attached to an aromatic ring is 1. The number of carboxylic acids is 1. The summed E-state index contributed by atoms with van der Waals surface area (Å²) in [6.07, 6.45) is 0.623. The zero-order chi connectivity index (χ0) is 20.2. The summed E-state index contributed by atoms with van der Waals surface area (Å²) in [4.78, 5) is 27.1. The van der Waals surface area contributed by atoms with Crippen molar-refractivity contribution in [2.24, 2.45) is 0 Å². The van der Waals surface area contributed by atoms with Crippen LogP contribution in [0.4, 0.5) is 23.4 Å². The Balaban J connectivity index is 2.62. The minimum absolute atomic E-state index is 0.430. The molecule has 2 heterocycles. The number of aromatic carboxylic acids is 1. The molecule has 11 heteroatoms. The molecule has 2 aromatic heterocycles. The molecule has 1 aromatic carbocycles. The smallest absolute Gasteiger partial charge is 0.341 e. The lowest BCUT2D eigenvalue weighted by molar-refractivity contribution is 0.0695. The molecule has 0 aliphatic heterocycles.